The second kappa shape index (κ2) is 7.37. The Morgan fingerprint density at radius 1 is 1.38 bits per heavy atom. The number of halogens is 1. The van der Waals surface area contributed by atoms with Crippen LogP contribution in [0.5, 0.6) is 0 Å². The molecule has 4 nitrogen and oxygen atoms in total. The molecule has 0 aliphatic rings. The van der Waals surface area contributed by atoms with Gasteiger partial charge in [-0.15, -0.1) is 0 Å². The molecule has 0 bridgehead atoms. The monoisotopic (exact) mass is 308 g/mol. The van der Waals surface area contributed by atoms with Crippen molar-refractivity contribution in [3.8, 4) is 0 Å². The molecule has 3 N–H and O–H groups in total. The maximum Gasteiger partial charge on any atom is 0.178 e. The Kier molecular flexibility index (Phi) is 6.48. The molecule has 16 heavy (non-hydrogen) atoms. The van der Waals surface area contributed by atoms with Crippen LogP contribution in [0, 0.1) is 0 Å². The van der Waals surface area contributed by atoms with Crippen LogP contribution in [0.3, 0.4) is 0 Å². The Morgan fingerprint density at radius 3 is 2.38 bits per heavy atom. The fourth-order valence-corrected chi connectivity index (χ4v) is 2.98. The maximum atomic E-state index is 5.57. The average molecular weight is 309 g/mol. The molecule has 1 rings (SSSR count). The van der Waals surface area contributed by atoms with Crippen molar-refractivity contribution in [3.63, 3.8) is 0 Å². The molecule has 1 atom stereocenters. The highest BCUT2D eigenvalue weighted by Gasteiger charge is 2.25. The van der Waals surface area contributed by atoms with Crippen LogP contribution in [-0.4, -0.2) is 19.5 Å². The van der Waals surface area contributed by atoms with Crippen molar-refractivity contribution in [2.45, 2.75) is 26.2 Å². The average Bonchev–Trinajstić information content (AvgIpc) is 2.67. The Hall–Kier alpha value is 0.0200. The number of nitrogens with two attached hydrogens (primary N) is 1. The molecular weight excluding hydrogens is 292 g/mol. The second-order valence-corrected chi connectivity index (χ2v) is 4.70. The minimum absolute atomic E-state index is 0.166. The molecule has 0 aromatic carbocycles. The number of thiophene rings is 1. The first-order valence-corrected chi connectivity index (χ1v) is 6.89. The standard InChI is InChI=1S/C10H17BrN2O2S/c1-3-14-10(15-4-2)9(13-12)7-5-16-6-8(7)11/h5-6,9-10,13H,3-4,12H2,1-2H3. The summed E-state index contributed by atoms with van der Waals surface area (Å²) in [5, 5.41) is 4.04. The molecule has 0 amide bonds. The zero-order valence-electron chi connectivity index (χ0n) is 9.40. The van der Waals surface area contributed by atoms with Gasteiger partial charge in [-0.3, -0.25) is 5.84 Å². The summed E-state index contributed by atoms with van der Waals surface area (Å²) in [5.74, 6) is 5.57. The Labute approximate surface area is 108 Å². The van der Waals surface area contributed by atoms with E-state index in [9.17, 15) is 0 Å². The van der Waals surface area contributed by atoms with E-state index in [2.05, 4.69) is 21.4 Å². The lowest BCUT2D eigenvalue weighted by Gasteiger charge is -2.26. The Morgan fingerprint density at radius 2 is 2.00 bits per heavy atom. The van der Waals surface area contributed by atoms with Crippen LogP contribution in [0.4, 0.5) is 0 Å². The highest BCUT2D eigenvalue weighted by Crippen LogP contribution is 2.30. The highest BCUT2D eigenvalue weighted by atomic mass is 79.9. The predicted octanol–water partition coefficient (Wildman–Crippen LogP) is 2.41. The van der Waals surface area contributed by atoms with Crippen molar-refractivity contribution >= 4 is 27.3 Å². The molecule has 1 heterocycles. The van der Waals surface area contributed by atoms with Gasteiger partial charge in [-0.25, -0.2) is 5.43 Å². The van der Waals surface area contributed by atoms with Gasteiger partial charge in [0.05, 0.1) is 6.04 Å². The molecule has 0 radical (unpaired) electrons. The molecule has 1 unspecified atom stereocenters. The van der Waals surface area contributed by atoms with Crippen LogP contribution >= 0.6 is 27.3 Å². The summed E-state index contributed by atoms with van der Waals surface area (Å²) in [5.41, 5.74) is 3.80. The van der Waals surface area contributed by atoms with Crippen molar-refractivity contribution in [1.82, 2.24) is 5.43 Å². The molecule has 0 aliphatic heterocycles. The molecule has 0 aliphatic carbocycles. The summed E-state index contributed by atoms with van der Waals surface area (Å²) in [6.45, 7) is 5.04. The van der Waals surface area contributed by atoms with Gasteiger partial charge in [0, 0.05) is 28.6 Å². The first-order chi connectivity index (χ1) is 7.74. The minimum atomic E-state index is -0.370. The van der Waals surface area contributed by atoms with E-state index in [1.54, 1.807) is 11.3 Å². The largest absolute Gasteiger partial charge is 0.351 e. The van der Waals surface area contributed by atoms with E-state index in [0.29, 0.717) is 13.2 Å². The lowest BCUT2D eigenvalue weighted by Crippen LogP contribution is -2.39. The van der Waals surface area contributed by atoms with Gasteiger partial charge in [-0.1, -0.05) is 0 Å². The molecule has 6 heteroatoms. The van der Waals surface area contributed by atoms with E-state index >= 15 is 0 Å². The third-order valence-corrected chi connectivity index (χ3v) is 3.84. The molecule has 0 spiro atoms. The van der Waals surface area contributed by atoms with Crippen molar-refractivity contribution < 1.29 is 9.47 Å². The van der Waals surface area contributed by atoms with Gasteiger partial charge < -0.3 is 9.47 Å². The van der Waals surface area contributed by atoms with Crippen LogP contribution in [0.2, 0.25) is 0 Å². The molecule has 1 aromatic rings. The molecule has 0 saturated carbocycles. The smallest absolute Gasteiger partial charge is 0.178 e. The van der Waals surface area contributed by atoms with Gasteiger partial charge >= 0.3 is 0 Å². The normalized spacial score (nSPS) is 13.3. The summed E-state index contributed by atoms with van der Waals surface area (Å²) >= 11 is 5.09. The third kappa shape index (κ3) is 3.51. The number of rotatable bonds is 7. The summed E-state index contributed by atoms with van der Waals surface area (Å²) in [6.07, 6.45) is -0.370. The minimum Gasteiger partial charge on any atom is -0.351 e. The fraction of sp³-hybridized carbons (Fsp3) is 0.600. The Bertz CT molecular complexity index is 303. The van der Waals surface area contributed by atoms with E-state index < -0.39 is 0 Å². The maximum absolute atomic E-state index is 5.57. The van der Waals surface area contributed by atoms with E-state index in [4.69, 9.17) is 15.3 Å². The lowest BCUT2D eigenvalue weighted by atomic mass is 10.1. The number of nitrogens with one attached hydrogen (secondary N) is 1. The van der Waals surface area contributed by atoms with E-state index in [1.807, 2.05) is 24.6 Å². The predicted molar refractivity (Wildman–Crippen MR) is 69.1 cm³/mol. The van der Waals surface area contributed by atoms with Gasteiger partial charge in [0.1, 0.15) is 0 Å². The summed E-state index contributed by atoms with van der Waals surface area (Å²) < 4.78 is 12.1. The summed E-state index contributed by atoms with van der Waals surface area (Å²) in [6, 6.07) is -0.166. The quantitative estimate of drug-likeness (QED) is 0.461. The summed E-state index contributed by atoms with van der Waals surface area (Å²) in [7, 11) is 0. The zero-order valence-corrected chi connectivity index (χ0v) is 11.8. The number of hydrazine groups is 1. The van der Waals surface area contributed by atoms with Crippen molar-refractivity contribution in [2.75, 3.05) is 13.2 Å². The highest BCUT2D eigenvalue weighted by molar-refractivity contribution is 9.10. The number of ether oxygens (including phenoxy) is 2. The van der Waals surface area contributed by atoms with E-state index in [-0.39, 0.29) is 12.3 Å². The molecule has 0 saturated heterocycles. The van der Waals surface area contributed by atoms with Gasteiger partial charge in [0.25, 0.3) is 0 Å². The molecular formula is C10H17BrN2O2S. The van der Waals surface area contributed by atoms with Gasteiger partial charge in [-0.2, -0.15) is 11.3 Å². The topological polar surface area (TPSA) is 56.5 Å². The van der Waals surface area contributed by atoms with Crippen LogP contribution in [-0.2, 0) is 9.47 Å². The van der Waals surface area contributed by atoms with Crippen molar-refractivity contribution in [2.24, 2.45) is 5.84 Å². The van der Waals surface area contributed by atoms with Gasteiger partial charge in [0.2, 0.25) is 0 Å². The van der Waals surface area contributed by atoms with Crippen LogP contribution in [0.15, 0.2) is 15.2 Å². The van der Waals surface area contributed by atoms with Gasteiger partial charge in [-0.05, 0) is 35.2 Å². The third-order valence-electron chi connectivity index (χ3n) is 2.09. The number of hydrogen-bond donors (Lipinski definition) is 2. The van der Waals surface area contributed by atoms with Crippen molar-refractivity contribution in [3.05, 3.63) is 20.8 Å². The first-order valence-electron chi connectivity index (χ1n) is 5.15. The molecule has 92 valence electrons. The van der Waals surface area contributed by atoms with Crippen LogP contribution in [0.1, 0.15) is 25.5 Å². The lowest BCUT2D eigenvalue weighted by molar-refractivity contribution is -0.155. The molecule has 0 fully saturated rings. The Balaban J connectivity index is 2.81. The fourth-order valence-electron chi connectivity index (χ4n) is 1.40. The zero-order chi connectivity index (χ0) is 12.0. The summed E-state index contributed by atoms with van der Waals surface area (Å²) in [4.78, 5) is 0. The van der Waals surface area contributed by atoms with E-state index in [1.165, 1.54) is 0 Å². The molecule has 1 aromatic heterocycles. The second-order valence-electron chi connectivity index (χ2n) is 3.10. The van der Waals surface area contributed by atoms with Gasteiger partial charge in [0.15, 0.2) is 6.29 Å². The van der Waals surface area contributed by atoms with Crippen molar-refractivity contribution in [1.29, 1.82) is 0 Å². The number of hydrogen-bond acceptors (Lipinski definition) is 5. The van der Waals surface area contributed by atoms with E-state index in [0.717, 1.165) is 10.0 Å². The van der Waals surface area contributed by atoms with Crippen LogP contribution < -0.4 is 11.3 Å². The van der Waals surface area contributed by atoms with Crippen LogP contribution in [0.25, 0.3) is 0 Å². The first kappa shape index (κ1) is 14.1. The SMILES string of the molecule is CCOC(OCC)C(NN)c1cscc1Br.